The molecule has 1 heterocycles. The molecular formula is C5H10N4. The first-order valence-corrected chi connectivity index (χ1v) is 2.94. The van der Waals surface area contributed by atoms with Crippen LogP contribution in [0.4, 0.5) is 5.82 Å². The Bertz CT molecular complexity index is 162. The van der Waals surface area contributed by atoms with Crippen molar-refractivity contribution >= 4 is 5.82 Å². The highest BCUT2D eigenvalue weighted by atomic mass is 15.5. The highest BCUT2D eigenvalue weighted by molar-refractivity contribution is 5.26. The Morgan fingerprint density at radius 1 is 1.78 bits per heavy atom. The lowest BCUT2D eigenvalue weighted by Crippen LogP contribution is -1.98. The van der Waals surface area contributed by atoms with E-state index in [2.05, 4.69) is 15.5 Å². The molecule has 50 valence electrons. The van der Waals surface area contributed by atoms with Crippen LogP contribution in [-0.4, -0.2) is 22.0 Å². The molecule has 9 heavy (non-hydrogen) atoms. The third kappa shape index (κ3) is 1.19. The molecule has 1 N–H and O–H groups in total. The second kappa shape index (κ2) is 2.48. The van der Waals surface area contributed by atoms with Gasteiger partial charge in [-0.3, -0.25) is 0 Å². The molecule has 0 saturated carbocycles. The van der Waals surface area contributed by atoms with E-state index in [-0.39, 0.29) is 0 Å². The monoisotopic (exact) mass is 126 g/mol. The van der Waals surface area contributed by atoms with Crippen LogP contribution in [0.25, 0.3) is 0 Å². The maximum atomic E-state index is 4.04. The van der Waals surface area contributed by atoms with Crippen LogP contribution in [-0.2, 0) is 6.54 Å². The lowest BCUT2D eigenvalue weighted by Gasteiger charge is -1.89. The van der Waals surface area contributed by atoms with Gasteiger partial charge in [0.25, 0.3) is 0 Å². The standard InChI is InChI=1S/C5H10N4/c1-3-9-7-4-5(6-2)8-9/h4H,3H2,1-2H3,(H,6,8). The Hall–Kier alpha value is -1.06. The van der Waals surface area contributed by atoms with Gasteiger partial charge in [0.15, 0.2) is 5.82 Å². The van der Waals surface area contributed by atoms with Gasteiger partial charge in [0.05, 0.1) is 12.7 Å². The van der Waals surface area contributed by atoms with Crippen LogP contribution in [0.3, 0.4) is 0 Å². The predicted octanol–water partition coefficient (Wildman–Crippen LogP) is 0.340. The van der Waals surface area contributed by atoms with Gasteiger partial charge in [-0.15, -0.1) is 5.10 Å². The molecule has 1 aromatic heterocycles. The molecule has 0 spiro atoms. The largest absolute Gasteiger partial charge is 0.370 e. The molecule has 4 nitrogen and oxygen atoms in total. The van der Waals surface area contributed by atoms with Crippen LogP contribution in [0.2, 0.25) is 0 Å². The number of nitrogens with zero attached hydrogens (tertiary/aromatic N) is 3. The highest BCUT2D eigenvalue weighted by Gasteiger charge is 1.91. The van der Waals surface area contributed by atoms with Crippen molar-refractivity contribution in [1.29, 1.82) is 0 Å². The van der Waals surface area contributed by atoms with E-state index >= 15 is 0 Å². The van der Waals surface area contributed by atoms with Gasteiger partial charge in [-0.2, -0.15) is 9.90 Å². The predicted molar refractivity (Wildman–Crippen MR) is 35.2 cm³/mol. The second-order valence-electron chi connectivity index (χ2n) is 1.67. The first-order chi connectivity index (χ1) is 4.36. The van der Waals surface area contributed by atoms with Crippen LogP contribution in [0, 0.1) is 0 Å². The van der Waals surface area contributed by atoms with Crippen molar-refractivity contribution in [3.05, 3.63) is 6.20 Å². The van der Waals surface area contributed by atoms with Gasteiger partial charge >= 0.3 is 0 Å². The summed E-state index contributed by atoms with van der Waals surface area (Å²) in [5.41, 5.74) is 0. The normalized spacial score (nSPS) is 9.56. The lowest BCUT2D eigenvalue weighted by atomic mass is 10.8. The molecule has 0 fully saturated rings. The van der Waals surface area contributed by atoms with E-state index in [9.17, 15) is 0 Å². The first-order valence-electron chi connectivity index (χ1n) is 2.94. The van der Waals surface area contributed by atoms with Gasteiger partial charge in [-0.1, -0.05) is 0 Å². The summed E-state index contributed by atoms with van der Waals surface area (Å²) >= 11 is 0. The summed E-state index contributed by atoms with van der Waals surface area (Å²) in [7, 11) is 1.82. The molecule has 0 aliphatic heterocycles. The molecule has 0 unspecified atom stereocenters. The zero-order valence-corrected chi connectivity index (χ0v) is 5.63. The van der Waals surface area contributed by atoms with Gasteiger partial charge in [0.1, 0.15) is 0 Å². The molecule has 4 heteroatoms. The van der Waals surface area contributed by atoms with Gasteiger partial charge in [0, 0.05) is 7.05 Å². The minimum Gasteiger partial charge on any atom is -0.370 e. The number of aromatic nitrogens is 3. The molecule has 0 aliphatic rings. The van der Waals surface area contributed by atoms with Crippen molar-refractivity contribution < 1.29 is 0 Å². The molecular weight excluding hydrogens is 116 g/mol. The van der Waals surface area contributed by atoms with Gasteiger partial charge in [-0.25, -0.2) is 0 Å². The van der Waals surface area contributed by atoms with Crippen molar-refractivity contribution in [3.8, 4) is 0 Å². The van der Waals surface area contributed by atoms with Crippen molar-refractivity contribution in [3.63, 3.8) is 0 Å². The topological polar surface area (TPSA) is 42.7 Å². The van der Waals surface area contributed by atoms with E-state index in [4.69, 9.17) is 0 Å². The molecule has 1 rings (SSSR count). The molecule has 0 atom stereocenters. The summed E-state index contributed by atoms with van der Waals surface area (Å²) in [6.07, 6.45) is 1.70. The van der Waals surface area contributed by atoms with Crippen LogP contribution >= 0.6 is 0 Å². The van der Waals surface area contributed by atoms with E-state index in [1.165, 1.54) is 0 Å². The Labute approximate surface area is 53.9 Å². The van der Waals surface area contributed by atoms with Crippen LogP contribution in [0.15, 0.2) is 6.20 Å². The molecule has 0 aromatic carbocycles. The van der Waals surface area contributed by atoms with Crippen molar-refractivity contribution in [2.45, 2.75) is 13.5 Å². The zero-order chi connectivity index (χ0) is 6.69. The Kier molecular flexibility index (Phi) is 1.67. The fraction of sp³-hybridized carbons (Fsp3) is 0.600. The van der Waals surface area contributed by atoms with Gasteiger partial charge in [-0.05, 0) is 6.92 Å². The number of rotatable bonds is 2. The minimum absolute atomic E-state index is 0.817. The van der Waals surface area contributed by atoms with Crippen LogP contribution in [0.1, 0.15) is 6.92 Å². The molecule has 0 radical (unpaired) electrons. The third-order valence-electron chi connectivity index (χ3n) is 1.08. The SMILES string of the molecule is CCn1ncc(NC)n1. The number of anilines is 1. The number of aryl methyl sites for hydroxylation is 1. The van der Waals surface area contributed by atoms with Crippen molar-refractivity contribution in [2.75, 3.05) is 12.4 Å². The highest BCUT2D eigenvalue weighted by Crippen LogP contribution is 1.94. The van der Waals surface area contributed by atoms with Crippen LogP contribution in [0.5, 0.6) is 0 Å². The Morgan fingerprint density at radius 3 is 2.89 bits per heavy atom. The van der Waals surface area contributed by atoms with Gasteiger partial charge in [0.2, 0.25) is 0 Å². The van der Waals surface area contributed by atoms with Crippen molar-refractivity contribution in [1.82, 2.24) is 15.0 Å². The average molecular weight is 126 g/mol. The third-order valence-corrected chi connectivity index (χ3v) is 1.08. The lowest BCUT2D eigenvalue weighted by molar-refractivity contribution is 0.571. The smallest absolute Gasteiger partial charge is 0.168 e. The quantitative estimate of drug-likeness (QED) is 0.621. The maximum absolute atomic E-state index is 4.04. The van der Waals surface area contributed by atoms with E-state index < -0.39 is 0 Å². The summed E-state index contributed by atoms with van der Waals surface area (Å²) in [5.74, 6) is 0.817. The van der Waals surface area contributed by atoms with E-state index in [1.54, 1.807) is 11.0 Å². The molecule has 1 aromatic rings. The summed E-state index contributed by atoms with van der Waals surface area (Å²) in [4.78, 5) is 1.63. The molecule has 0 amide bonds. The summed E-state index contributed by atoms with van der Waals surface area (Å²) in [6, 6.07) is 0. The Morgan fingerprint density at radius 2 is 2.56 bits per heavy atom. The second-order valence-corrected chi connectivity index (χ2v) is 1.67. The fourth-order valence-corrected chi connectivity index (χ4v) is 0.564. The van der Waals surface area contributed by atoms with Crippen molar-refractivity contribution in [2.24, 2.45) is 0 Å². The Balaban J connectivity index is 2.74. The number of hydrogen-bond donors (Lipinski definition) is 1. The molecule has 0 saturated heterocycles. The number of nitrogens with one attached hydrogen (secondary N) is 1. The first kappa shape index (κ1) is 6.07. The number of hydrogen-bond acceptors (Lipinski definition) is 3. The van der Waals surface area contributed by atoms with E-state index in [1.807, 2.05) is 14.0 Å². The zero-order valence-electron chi connectivity index (χ0n) is 5.63. The van der Waals surface area contributed by atoms with E-state index in [0.29, 0.717) is 0 Å². The molecule has 0 aliphatic carbocycles. The summed E-state index contributed by atoms with van der Waals surface area (Å²) < 4.78 is 0. The van der Waals surface area contributed by atoms with E-state index in [0.717, 1.165) is 12.4 Å². The van der Waals surface area contributed by atoms with Crippen LogP contribution < -0.4 is 5.32 Å². The fourth-order valence-electron chi connectivity index (χ4n) is 0.564. The van der Waals surface area contributed by atoms with Gasteiger partial charge < -0.3 is 5.32 Å². The summed E-state index contributed by atoms with van der Waals surface area (Å²) in [6.45, 7) is 2.82. The minimum atomic E-state index is 0.817. The summed E-state index contributed by atoms with van der Waals surface area (Å²) in [5, 5.41) is 10.9. The average Bonchev–Trinajstić information content (AvgIpc) is 2.34. The molecule has 0 bridgehead atoms. The maximum Gasteiger partial charge on any atom is 0.168 e.